The van der Waals surface area contributed by atoms with Gasteiger partial charge in [0.25, 0.3) is 0 Å². The van der Waals surface area contributed by atoms with Crippen molar-refractivity contribution < 1.29 is 4.79 Å². The van der Waals surface area contributed by atoms with Crippen LogP contribution in [0.1, 0.15) is 16.0 Å². The zero-order valence-electron chi connectivity index (χ0n) is 12.5. The number of anilines is 1. The highest BCUT2D eigenvalue weighted by Crippen LogP contribution is 2.27. The minimum Gasteiger partial charge on any atom is -0.311 e. The molecule has 0 bridgehead atoms. The quantitative estimate of drug-likeness (QED) is 0.866. The van der Waals surface area contributed by atoms with Crippen molar-refractivity contribution in [3.63, 3.8) is 0 Å². The Hall–Kier alpha value is -1.65. The van der Waals surface area contributed by atoms with Crippen molar-refractivity contribution in [2.75, 3.05) is 25.0 Å². The highest BCUT2D eigenvalue weighted by atomic mass is 32.1. The summed E-state index contributed by atoms with van der Waals surface area (Å²) in [4.78, 5) is 17.9. The first-order chi connectivity index (χ1) is 10.1. The van der Waals surface area contributed by atoms with Gasteiger partial charge >= 0.3 is 0 Å². The standard InChI is InChI=1S/C17H20N2OS/c1-13-8-10-21-16(13)11-18(2)12-17(20)19-9-7-14-5-3-4-6-15(14)19/h3-6,8,10H,7,9,11-12H2,1-2H3. The van der Waals surface area contributed by atoms with Crippen molar-refractivity contribution in [2.45, 2.75) is 19.9 Å². The summed E-state index contributed by atoms with van der Waals surface area (Å²) in [6.45, 7) is 4.23. The number of aryl methyl sites for hydroxylation is 1. The first kappa shape index (κ1) is 14.3. The molecule has 0 fully saturated rings. The minimum absolute atomic E-state index is 0.191. The Morgan fingerprint density at radius 2 is 2.14 bits per heavy atom. The molecular formula is C17H20N2OS. The zero-order valence-corrected chi connectivity index (χ0v) is 13.3. The number of fused-ring (bicyclic) bond motifs is 1. The Labute approximate surface area is 129 Å². The van der Waals surface area contributed by atoms with E-state index in [4.69, 9.17) is 0 Å². The molecule has 1 aromatic carbocycles. The smallest absolute Gasteiger partial charge is 0.241 e. The summed E-state index contributed by atoms with van der Waals surface area (Å²) >= 11 is 1.76. The molecule has 0 spiro atoms. The summed E-state index contributed by atoms with van der Waals surface area (Å²) in [5, 5.41) is 2.11. The third-order valence-electron chi connectivity index (χ3n) is 3.98. The molecule has 3 rings (SSSR count). The molecule has 1 aliphatic heterocycles. The van der Waals surface area contributed by atoms with E-state index in [0.717, 1.165) is 25.2 Å². The fourth-order valence-corrected chi connectivity index (χ4v) is 3.77. The first-order valence-electron chi connectivity index (χ1n) is 7.25. The molecule has 0 radical (unpaired) electrons. The third-order valence-corrected chi connectivity index (χ3v) is 4.98. The summed E-state index contributed by atoms with van der Waals surface area (Å²) in [5.74, 6) is 0.191. The summed E-state index contributed by atoms with van der Waals surface area (Å²) in [5.41, 5.74) is 3.68. The van der Waals surface area contributed by atoms with Crippen LogP contribution in [0.3, 0.4) is 0 Å². The van der Waals surface area contributed by atoms with Gasteiger partial charge in [-0.2, -0.15) is 0 Å². The van der Waals surface area contributed by atoms with Crippen molar-refractivity contribution >= 4 is 22.9 Å². The molecule has 1 amide bonds. The molecule has 4 heteroatoms. The summed E-state index contributed by atoms with van der Waals surface area (Å²) in [6.07, 6.45) is 0.968. The van der Waals surface area contributed by atoms with Gasteiger partial charge in [0, 0.05) is 23.7 Å². The molecule has 110 valence electrons. The van der Waals surface area contributed by atoms with E-state index in [1.165, 1.54) is 16.0 Å². The SMILES string of the molecule is Cc1ccsc1CN(C)CC(=O)N1CCc2ccccc21. The van der Waals surface area contributed by atoms with E-state index >= 15 is 0 Å². The number of para-hydroxylation sites is 1. The van der Waals surface area contributed by atoms with Crippen LogP contribution in [0.4, 0.5) is 5.69 Å². The van der Waals surface area contributed by atoms with Gasteiger partial charge in [-0.25, -0.2) is 0 Å². The number of rotatable bonds is 4. The molecule has 0 unspecified atom stereocenters. The van der Waals surface area contributed by atoms with E-state index in [-0.39, 0.29) is 5.91 Å². The van der Waals surface area contributed by atoms with Gasteiger partial charge in [-0.1, -0.05) is 18.2 Å². The normalized spacial score (nSPS) is 13.8. The average molecular weight is 300 g/mol. The summed E-state index contributed by atoms with van der Waals surface area (Å²) in [6, 6.07) is 10.3. The number of hydrogen-bond donors (Lipinski definition) is 0. The number of benzene rings is 1. The van der Waals surface area contributed by atoms with Crippen LogP contribution in [0.15, 0.2) is 35.7 Å². The number of hydrogen-bond acceptors (Lipinski definition) is 3. The van der Waals surface area contributed by atoms with E-state index < -0.39 is 0 Å². The summed E-state index contributed by atoms with van der Waals surface area (Å²) < 4.78 is 0. The molecule has 0 atom stereocenters. The number of nitrogens with zero attached hydrogens (tertiary/aromatic N) is 2. The molecule has 0 aliphatic carbocycles. The molecule has 2 heterocycles. The Morgan fingerprint density at radius 3 is 2.90 bits per heavy atom. The fraction of sp³-hybridized carbons (Fsp3) is 0.353. The Morgan fingerprint density at radius 1 is 1.33 bits per heavy atom. The Balaban J connectivity index is 1.63. The van der Waals surface area contributed by atoms with Gasteiger partial charge in [0.05, 0.1) is 6.54 Å². The number of carbonyl (C=O) groups is 1. The molecular weight excluding hydrogens is 280 g/mol. The molecule has 1 aromatic heterocycles. The lowest BCUT2D eigenvalue weighted by Gasteiger charge is -2.22. The lowest BCUT2D eigenvalue weighted by Crippen LogP contribution is -2.37. The second kappa shape index (κ2) is 6.00. The van der Waals surface area contributed by atoms with Gasteiger partial charge in [0.2, 0.25) is 5.91 Å². The minimum atomic E-state index is 0.191. The van der Waals surface area contributed by atoms with E-state index in [1.807, 2.05) is 30.1 Å². The largest absolute Gasteiger partial charge is 0.311 e. The maximum atomic E-state index is 12.5. The molecule has 1 aliphatic rings. The highest BCUT2D eigenvalue weighted by Gasteiger charge is 2.24. The van der Waals surface area contributed by atoms with E-state index in [1.54, 1.807) is 11.3 Å². The van der Waals surface area contributed by atoms with Crippen LogP contribution in [0.25, 0.3) is 0 Å². The predicted octanol–water partition coefficient (Wildman–Crippen LogP) is 3.08. The fourth-order valence-electron chi connectivity index (χ4n) is 2.78. The third kappa shape index (κ3) is 3.01. The summed E-state index contributed by atoms with van der Waals surface area (Å²) in [7, 11) is 2.01. The van der Waals surface area contributed by atoms with Crippen LogP contribution < -0.4 is 4.90 Å². The molecule has 0 N–H and O–H groups in total. The van der Waals surface area contributed by atoms with Crippen LogP contribution in [-0.4, -0.2) is 30.9 Å². The lowest BCUT2D eigenvalue weighted by molar-refractivity contribution is -0.119. The van der Waals surface area contributed by atoms with Crippen molar-refractivity contribution in [2.24, 2.45) is 0 Å². The first-order valence-corrected chi connectivity index (χ1v) is 8.13. The van der Waals surface area contributed by atoms with Gasteiger partial charge in [-0.05, 0) is 49.0 Å². The highest BCUT2D eigenvalue weighted by molar-refractivity contribution is 7.10. The lowest BCUT2D eigenvalue weighted by atomic mass is 10.2. The molecule has 0 saturated carbocycles. The molecule has 3 nitrogen and oxygen atoms in total. The molecule has 0 saturated heterocycles. The number of carbonyl (C=O) groups excluding carboxylic acids is 1. The number of thiophene rings is 1. The van der Waals surface area contributed by atoms with Crippen LogP contribution in [0.2, 0.25) is 0 Å². The van der Waals surface area contributed by atoms with Gasteiger partial charge in [-0.3, -0.25) is 9.69 Å². The zero-order chi connectivity index (χ0) is 14.8. The predicted molar refractivity (Wildman–Crippen MR) is 87.9 cm³/mol. The van der Waals surface area contributed by atoms with Crippen molar-refractivity contribution in [3.8, 4) is 0 Å². The number of amides is 1. The maximum Gasteiger partial charge on any atom is 0.241 e. The number of likely N-dealkylation sites (N-methyl/N-ethyl adjacent to an activating group) is 1. The van der Waals surface area contributed by atoms with Gasteiger partial charge in [0.1, 0.15) is 0 Å². The van der Waals surface area contributed by atoms with Crippen molar-refractivity contribution in [1.82, 2.24) is 4.90 Å². The second-order valence-electron chi connectivity index (χ2n) is 5.62. The molecule has 21 heavy (non-hydrogen) atoms. The van der Waals surface area contributed by atoms with Crippen LogP contribution in [0, 0.1) is 6.92 Å². The van der Waals surface area contributed by atoms with Gasteiger partial charge in [-0.15, -0.1) is 11.3 Å². The van der Waals surface area contributed by atoms with E-state index in [0.29, 0.717) is 6.54 Å². The van der Waals surface area contributed by atoms with E-state index in [9.17, 15) is 4.79 Å². The Bertz CT molecular complexity index is 650. The van der Waals surface area contributed by atoms with Gasteiger partial charge < -0.3 is 4.90 Å². The van der Waals surface area contributed by atoms with Crippen molar-refractivity contribution in [1.29, 1.82) is 0 Å². The van der Waals surface area contributed by atoms with Crippen LogP contribution in [-0.2, 0) is 17.8 Å². The van der Waals surface area contributed by atoms with Crippen molar-refractivity contribution in [3.05, 3.63) is 51.7 Å². The van der Waals surface area contributed by atoms with Crippen LogP contribution in [0.5, 0.6) is 0 Å². The molecule has 2 aromatic rings. The maximum absolute atomic E-state index is 12.5. The monoisotopic (exact) mass is 300 g/mol. The van der Waals surface area contributed by atoms with E-state index in [2.05, 4.69) is 29.3 Å². The topological polar surface area (TPSA) is 23.6 Å². The van der Waals surface area contributed by atoms with Gasteiger partial charge in [0.15, 0.2) is 0 Å². The van der Waals surface area contributed by atoms with Crippen LogP contribution >= 0.6 is 11.3 Å². The Kier molecular flexibility index (Phi) is 4.08. The second-order valence-corrected chi connectivity index (χ2v) is 6.62. The average Bonchev–Trinajstić information content (AvgIpc) is 3.05.